The summed E-state index contributed by atoms with van der Waals surface area (Å²) in [6.45, 7) is 8.36. The summed E-state index contributed by atoms with van der Waals surface area (Å²) in [7, 11) is 0. The Morgan fingerprint density at radius 3 is 2.41 bits per heavy atom. The summed E-state index contributed by atoms with van der Waals surface area (Å²) in [5, 5.41) is 12.0. The van der Waals surface area contributed by atoms with Crippen LogP contribution in [-0.2, 0) is 4.79 Å². The van der Waals surface area contributed by atoms with Gasteiger partial charge in [-0.3, -0.25) is 0 Å². The quantitative estimate of drug-likeness (QED) is 0.788. The summed E-state index contributed by atoms with van der Waals surface area (Å²) in [5.41, 5.74) is 0. The third kappa shape index (κ3) is 3.11. The first-order chi connectivity index (χ1) is 7.84. The number of carbonyl (C=O) groups is 2. The zero-order valence-electron chi connectivity index (χ0n) is 10.9. The number of urea groups is 1. The largest absolute Gasteiger partial charge is 0.480 e. The number of likely N-dealkylation sites (tertiary alicyclic amines) is 1. The van der Waals surface area contributed by atoms with E-state index in [1.54, 1.807) is 0 Å². The van der Waals surface area contributed by atoms with Crippen molar-refractivity contribution in [1.29, 1.82) is 0 Å². The first kappa shape index (κ1) is 13.8. The van der Waals surface area contributed by atoms with E-state index in [1.165, 1.54) is 4.90 Å². The van der Waals surface area contributed by atoms with Gasteiger partial charge < -0.3 is 15.3 Å². The lowest BCUT2D eigenvalue weighted by Crippen LogP contribution is -2.50. The number of hydrogen-bond donors (Lipinski definition) is 2. The summed E-state index contributed by atoms with van der Waals surface area (Å²) >= 11 is 0. The van der Waals surface area contributed by atoms with Crippen molar-refractivity contribution in [2.24, 2.45) is 11.8 Å². The Morgan fingerprint density at radius 1 is 1.35 bits per heavy atom. The molecule has 1 fully saturated rings. The average Bonchev–Trinajstić information content (AvgIpc) is 2.59. The minimum Gasteiger partial charge on any atom is -0.480 e. The third-order valence-corrected chi connectivity index (χ3v) is 3.57. The van der Waals surface area contributed by atoms with Crippen LogP contribution in [-0.4, -0.2) is 40.6 Å². The van der Waals surface area contributed by atoms with Gasteiger partial charge in [-0.15, -0.1) is 0 Å². The van der Waals surface area contributed by atoms with Crippen LogP contribution in [0.1, 0.15) is 34.1 Å². The number of carboxylic acid groups (broad SMARTS) is 1. The normalized spacial score (nSPS) is 26.1. The first-order valence-corrected chi connectivity index (χ1v) is 6.14. The minimum atomic E-state index is -0.914. The summed E-state index contributed by atoms with van der Waals surface area (Å²) in [5.74, 6) is -0.558. The molecule has 0 aliphatic carbocycles. The number of rotatable bonds is 3. The van der Waals surface area contributed by atoms with Crippen LogP contribution in [0.4, 0.5) is 4.79 Å². The van der Waals surface area contributed by atoms with Crippen LogP contribution < -0.4 is 5.32 Å². The third-order valence-electron chi connectivity index (χ3n) is 3.57. The van der Waals surface area contributed by atoms with E-state index < -0.39 is 12.0 Å². The van der Waals surface area contributed by atoms with Crippen LogP contribution in [0.5, 0.6) is 0 Å². The molecule has 0 aromatic carbocycles. The molecule has 17 heavy (non-hydrogen) atoms. The highest BCUT2D eigenvalue weighted by atomic mass is 16.4. The number of carbonyl (C=O) groups excluding carboxylic acids is 1. The van der Waals surface area contributed by atoms with Crippen LogP contribution >= 0.6 is 0 Å². The highest BCUT2D eigenvalue weighted by molar-refractivity contribution is 5.83. The van der Waals surface area contributed by atoms with Crippen LogP contribution in [0.3, 0.4) is 0 Å². The average molecular weight is 242 g/mol. The molecule has 0 saturated carbocycles. The molecule has 0 spiro atoms. The predicted octanol–water partition coefficient (Wildman–Crippen LogP) is 1.54. The van der Waals surface area contributed by atoms with Crippen LogP contribution in [0, 0.1) is 11.8 Å². The second-order valence-corrected chi connectivity index (χ2v) is 5.22. The molecular weight excluding hydrogens is 220 g/mol. The molecule has 0 aromatic rings. The molecule has 1 heterocycles. The van der Waals surface area contributed by atoms with Crippen molar-refractivity contribution in [3.63, 3.8) is 0 Å². The number of aliphatic carboxylic acids is 1. The summed E-state index contributed by atoms with van der Waals surface area (Å²) in [4.78, 5) is 24.5. The molecule has 1 rings (SSSR count). The number of carboxylic acids is 1. The maximum absolute atomic E-state index is 12.0. The van der Waals surface area contributed by atoms with Gasteiger partial charge in [0.25, 0.3) is 0 Å². The molecule has 2 amide bonds. The van der Waals surface area contributed by atoms with E-state index in [2.05, 4.69) is 5.32 Å². The second kappa shape index (κ2) is 5.38. The molecule has 3 unspecified atom stereocenters. The Bertz CT molecular complexity index is 304. The van der Waals surface area contributed by atoms with Gasteiger partial charge in [-0.25, -0.2) is 9.59 Å². The molecule has 5 nitrogen and oxygen atoms in total. The van der Waals surface area contributed by atoms with E-state index in [1.807, 2.05) is 27.7 Å². The number of nitrogens with zero attached hydrogens (tertiary/aromatic N) is 1. The minimum absolute atomic E-state index is 0.0209. The van der Waals surface area contributed by atoms with Crippen LogP contribution in [0.25, 0.3) is 0 Å². The smallest absolute Gasteiger partial charge is 0.326 e. The molecule has 1 aliphatic rings. The standard InChI is InChI=1S/C12H22N2O3/c1-7(2)9(4)13-12(17)14-6-5-8(3)10(14)11(15)16/h7-10H,5-6H2,1-4H3,(H,13,17)(H,15,16). The highest BCUT2D eigenvalue weighted by Gasteiger charge is 2.39. The van der Waals surface area contributed by atoms with Crippen molar-refractivity contribution in [2.75, 3.05) is 6.54 Å². The molecule has 0 radical (unpaired) electrons. The van der Waals surface area contributed by atoms with Crippen molar-refractivity contribution in [2.45, 2.75) is 46.2 Å². The monoisotopic (exact) mass is 242 g/mol. The maximum Gasteiger partial charge on any atom is 0.326 e. The molecule has 98 valence electrons. The van der Waals surface area contributed by atoms with Gasteiger partial charge in [0.05, 0.1) is 0 Å². The van der Waals surface area contributed by atoms with E-state index in [0.717, 1.165) is 6.42 Å². The maximum atomic E-state index is 12.0. The molecule has 0 aromatic heterocycles. The van der Waals surface area contributed by atoms with Crippen LogP contribution in [0.15, 0.2) is 0 Å². The van der Waals surface area contributed by atoms with E-state index >= 15 is 0 Å². The number of hydrogen-bond acceptors (Lipinski definition) is 2. The first-order valence-electron chi connectivity index (χ1n) is 6.14. The van der Waals surface area contributed by atoms with Gasteiger partial charge in [0.2, 0.25) is 0 Å². The number of nitrogens with one attached hydrogen (secondary N) is 1. The van der Waals surface area contributed by atoms with E-state index in [-0.39, 0.29) is 18.0 Å². The predicted molar refractivity (Wildman–Crippen MR) is 64.7 cm³/mol. The number of amides is 2. The van der Waals surface area contributed by atoms with Crippen molar-refractivity contribution >= 4 is 12.0 Å². The van der Waals surface area contributed by atoms with Gasteiger partial charge in [-0.1, -0.05) is 20.8 Å². The fraction of sp³-hybridized carbons (Fsp3) is 0.833. The van der Waals surface area contributed by atoms with Crippen LogP contribution in [0.2, 0.25) is 0 Å². The Labute approximate surface area is 102 Å². The van der Waals surface area contributed by atoms with E-state index in [4.69, 9.17) is 5.11 Å². The summed E-state index contributed by atoms with van der Waals surface area (Å²) in [6.07, 6.45) is 0.750. The lowest BCUT2D eigenvalue weighted by atomic mass is 10.0. The summed E-state index contributed by atoms with van der Waals surface area (Å²) in [6, 6.07) is -0.898. The second-order valence-electron chi connectivity index (χ2n) is 5.22. The molecule has 1 aliphatic heterocycles. The Kier molecular flexibility index (Phi) is 4.37. The lowest BCUT2D eigenvalue weighted by Gasteiger charge is -2.26. The molecule has 2 N–H and O–H groups in total. The SMILES string of the molecule is CC(C)C(C)NC(=O)N1CCC(C)C1C(=O)O. The molecule has 5 heteroatoms. The Hall–Kier alpha value is -1.26. The lowest BCUT2D eigenvalue weighted by molar-refractivity contribution is -0.142. The summed E-state index contributed by atoms with van der Waals surface area (Å²) < 4.78 is 0. The molecular formula is C12H22N2O3. The zero-order valence-corrected chi connectivity index (χ0v) is 10.9. The highest BCUT2D eigenvalue weighted by Crippen LogP contribution is 2.24. The van der Waals surface area contributed by atoms with Crippen molar-refractivity contribution in [3.8, 4) is 0 Å². The van der Waals surface area contributed by atoms with E-state index in [9.17, 15) is 9.59 Å². The van der Waals surface area contributed by atoms with Gasteiger partial charge in [0.1, 0.15) is 6.04 Å². The van der Waals surface area contributed by atoms with Crippen molar-refractivity contribution < 1.29 is 14.7 Å². The molecule has 1 saturated heterocycles. The van der Waals surface area contributed by atoms with Gasteiger partial charge in [-0.2, -0.15) is 0 Å². The van der Waals surface area contributed by atoms with Gasteiger partial charge >= 0.3 is 12.0 Å². The zero-order chi connectivity index (χ0) is 13.2. The Morgan fingerprint density at radius 2 is 1.94 bits per heavy atom. The molecule has 0 bridgehead atoms. The molecule has 3 atom stereocenters. The fourth-order valence-corrected chi connectivity index (χ4v) is 2.00. The van der Waals surface area contributed by atoms with Gasteiger partial charge in [-0.05, 0) is 25.2 Å². The topological polar surface area (TPSA) is 69.6 Å². The Balaban J connectivity index is 2.66. The van der Waals surface area contributed by atoms with Gasteiger partial charge in [0, 0.05) is 12.6 Å². The van der Waals surface area contributed by atoms with Crippen molar-refractivity contribution in [3.05, 3.63) is 0 Å². The van der Waals surface area contributed by atoms with Gasteiger partial charge in [0.15, 0.2) is 0 Å². The van der Waals surface area contributed by atoms with E-state index in [0.29, 0.717) is 12.5 Å². The fourth-order valence-electron chi connectivity index (χ4n) is 2.00. The van der Waals surface area contributed by atoms with Crippen molar-refractivity contribution in [1.82, 2.24) is 10.2 Å².